The number of nitrogens with one attached hydrogen (secondary N) is 1. The zero-order chi connectivity index (χ0) is 21.2. The summed E-state index contributed by atoms with van der Waals surface area (Å²) in [5.41, 5.74) is 1.17. The monoisotopic (exact) mass is 399 g/mol. The average Bonchev–Trinajstić information content (AvgIpc) is 2.74. The summed E-state index contributed by atoms with van der Waals surface area (Å²) in [5, 5.41) is 21.2. The number of hydrogen-bond donors (Lipinski definition) is 3. The molecule has 8 nitrogen and oxygen atoms in total. The van der Waals surface area contributed by atoms with E-state index in [0.717, 1.165) is 5.56 Å². The number of aldehydes is 1. The van der Waals surface area contributed by atoms with Gasteiger partial charge in [-0.25, -0.2) is 0 Å². The standard InChI is InChI=1S/C20H22BNO7/c1-28-19(24)3-2-10-29-17-7-4-14(5-8-17)12-22-20(25)15-6-9-18(21(26)27)16(11-15)13-23/h4-9,11,13,26-27H,2-3,10,12H2,1H3,(H,22,25). The molecule has 3 N–H and O–H groups in total. The van der Waals surface area contributed by atoms with Crippen LogP contribution in [0.1, 0.15) is 39.1 Å². The van der Waals surface area contributed by atoms with Crippen molar-refractivity contribution in [1.82, 2.24) is 5.32 Å². The molecule has 29 heavy (non-hydrogen) atoms. The van der Waals surface area contributed by atoms with Gasteiger partial charge in [0.05, 0.1) is 13.7 Å². The van der Waals surface area contributed by atoms with Crippen molar-refractivity contribution in [2.24, 2.45) is 0 Å². The summed E-state index contributed by atoms with van der Waals surface area (Å²) in [6.07, 6.45) is 1.32. The summed E-state index contributed by atoms with van der Waals surface area (Å²) >= 11 is 0. The highest BCUT2D eigenvalue weighted by Gasteiger charge is 2.17. The van der Waals surface area contributed by atoms with Crippen LogP contribution < -0.4 is 15.5 Å². The first kappa shape index (κ1) is 22.1. The fraction of sp³-hybridized carbons (Fsp3) is 0.250. The Bertz CT molecular complexity index is 852. The normalized spacial score (nSPS) is 10.2. The number of benzene rings is 2. The van der Waals surface area contributed by atoms with Crippen molar-refractivity contribution in [2.45, 2.75) is 19.4 Å². The van der Waals surface area contributed by atoms with E-state index in [-0.39, 0.29) is 29.1 Å². The number of hydrogen-bond acceptors (Lipinski definition) is 7. The summed E-state index contributed by atoms with van der Waals surface area (Å²) in [4.78, 5) is 34.4. The van der Waals surface area contributed by atoms with Gasteiger partial charge < -0.3 is 24.8 Å². The number of methoxy groups -OCH3 is 1. The highest BCUT2D eigenvalue weighted by atomic mass is 16.5. The van der Waals surface area contributed by atoms with E-state index >= 15 is 0 Å². The maximum Gasteiger partial charge on any atom is 0.489 e. The Morgan fingerprint density at radius 3 is 2.48 bits per heavy atom. The largest absolute Gasteiger partial charge is 0.494 e. The third kappa shape index (κ3) is 6.74. The SMILES string of the molecule is COC(=O)CCCOc1ccc(CNC(=O)c2ccc(B(O)O)c(C=O)c2)cc1. The van der Waals surface area contributed by atoms with Gasteiger partial charge in [-0.1, -0.05) is 18.2 Å². The lowest BCUT2D eigenvalue weighted by molar-refractivity contribution is -0.140. The second-order valence-electron chi connectivity index (χ2n) is 6.19. The Hall–Kier alpha value is -3.17. The maximum absolute atomic E-state index is 12.3. The molecule has 0 unspecified atom stereocenters. The highest BCUT2D eigenvalue weighted by Crippen LogP contribution is 2.13. The molecule has 0 saturated carbocycles. The highest BCUT2D eigenvalue weighted by molar-refractivity contribution is 6.60. The van der Waals surface area contributed by atoms with E-state index in [0.29, 0.717) is 31.5 Å². The van der Waals surface area contributed by atoms with Crippen molar-refractivity contribution in [3.8, 4) is 5.75 Å². The van der Waals surface area contributed by atoms with E-state index in [9.17, 15) is 24.4 Å². The third-order valence-corrected chi connectivity index (χ3v) is 4.15. The molecule has 0 bridgehead atoms. The number of esters is 1. The Morgan fingerprint density at radius 2 is 1.86 bits per heavy atom. The molecule has 0 fully saturated rings. The van der Waals surface area contributed by atoms with Crippen molar-refractivity contribution in [3.63, 3.8) is 0 Å². The van der Waals surface area contributed by atoms with Crippen LogP contribution in [0.2, 0.25) is 0 Å². The molecule has 0 saturated heterocycles. The Kier molecular flexibility index (Phi) is 8.38. The minimum Gasteiger partial charge on any atom is -0.494 e. The van der Waals surface area contributed by atoms with E-state index in [1.807, 2.05) is 0 Å². The van der Waals surface area contributed by atoms with E-state index in [1.165, 1.54) is 25.3 Å². The lowest BCUT2D eigenvalue weighted by atomic mass is 9.77. The van der Waals surface area contributed by atoms with Crippen LogP contribution in [-0.4, -0.2) is 49.0 Å². The Balaban J connectivity index is 1.86. The van der Waals surface area contributed by atoms with Crippen molar-refractivity contribution in [1.29, 1.82) is 0 Å². The number of carbonyl (C=O) groups is 3. The maximum atomic E-state index is 12.3. The zero-order valence-corrected chi connectivity index (χ0v) is 16.0. The first-order chi connectivity index (χ1) is 13.9. The van der Waals surface area contributed by atoms with Gasteiger partial charge in [0.1, 0.15) is 12.0 Å². The second kappa shape index (κ2) is 11.0. The van der Waals surface area contributed by atoms with Crippen LogP contribution in [0.4, 0.5) is 0 Å². The van der Waals surface area contributed by atoms with Crippen LogP contribution in [-0.2, 0) is 16.1 Å². The first-order valence-electron chi connectivity index (χ1n) is 8.96. The second-order valence-corrected chi connectivity index (χ2v) is 6.19. The number of amides is 1. The van der Waals surface area contributed by atoms with Crippen LogP contribution in [0.25, 0.3) is 0 Å². The van der Waals surface area contributed by atoms with Gasteiger partial charge in [0, 0.05) is 24.1 Å². The van der Waals surface area contributed by atoms with Gasteiger partial charge in [0.25, 0.3) is 5.91 Å². The van der Waals surface area contributed by atoms with Crippen LogP contribution in [0.5, 0.6) is 5.75 Å². The number of carbonyl (C=O) groups excluding carboxylic acids is 3. The van der Waals surface area contributed by atoms with E-state index in [1.54, 1.807) is 24.3 Å². The topological polar surface area (TPSA) is 122 Å². The van der Waals surface area contributed by atoms with Gasteiger partial charge in [-0.2, -0.15) is 0 Å². The number of ether oxygens (including phenoxy) is 2. The molecule has 2 aromatic rings. The fourth-order valence-corrected chi connectivity index (χ4v) is 2.55. The average molecular weight is 399 g/mol. The summed E-state index contributed by atoms with van der Waals surface area (Å²) < 4.78 is 10.1. The lowest BCUT2D eigenvalue weighted by Crippen LogP contribution is -2.33. The van der Waals surface area contributed by atoms with Crippen molar-refractivity contribution >= 4 is 30.7 Å². The van der Waals surface area contributed by atoms with Gasteiger partial charge in [-0.05, 0) is 41.7 Å². The fourth-order valence-electron chi connectivity index (χ4n) is 2.55. The molecule has 0 atom stereocenters. The summed E-state index contributed by atoms with van der Waals surface area (Å²) in [5.74, 6) is -0.0175. The van der Waals surface area contributed by atoms with Crippen LogP contribution in [0.3, 0.4) is 0 Å². The molecule has 2 rings (SSSR count). The van der Waals surface area contributed by atoms with Gasteiger partial charge in [-0.15, -0.1) is 0 Å². The first-order valence-corrected chi connectivity index (χ1v) is 8.96. The quantitative estimate of drug-likeness (QED) is 0.229. The predicted molar refractivity (Wildman–Crippen MR) is 106 cm³/mol. The van der Waals surface area contributed by atoms with Gasteiger partial charge in [-0.3, -0.25) is 14.4 Å². The van der Waals surface area contributed by atoms with Gasteiger partial charge in [0.2, 0.25) is 0 Å². The Labute approximate surface area is 168 Å². The van der Waals surface area contributed by atoms with Crippen molar-refractivity contribution < 1.29 is 33.9 Å². The molecule has 0 heterocycles. The molecular weight excluding hydrogens is 377 g/mol. The molecule has 0 aromatic heterocycles. The van der Waals surface area contributed by atoms with Crippen LogP contribution in [0, 0.1) is 0 Å². The third-order valence-electron chi connectivity index (χ3n) is 4.15. The lowest BCUT2D eigenvalue weighted by Gasteiger charge is -2.09. The van der Waals surface area contributed by atoms with E-state index in [2.05, 4.69) is 10.1 Å². The molecule has 0 spiro atoms. The molecule has 0 aliphatic carbocycles. The van der Waals surface area contributed by atoms with E-state index < -0.39 is 13.0 Å². The van der Waals surface area contributed by atoms with Crippen molar-refractivity contribution in [3.05, 3.63) is 59.2 Å². The number of rotatable bonds is 10. The molecule has 1 amide bonds. The Morgan fingerprint density at radius 1 is 1.14 bits per heavy atom. The summed E-state index contributed by atoms with van der Waals surface area (Å²) in [6.45, 7) is 0.658. The summed E-state index contributed by atoms with van der Waals surface area (Å²) in [6, 6.07) is 11.2. The van der Waals surface area contributed by atoms with Gasteiger partial charge >= 0.3 is 13.1 Å². The molecule has 152 valence electrons. The minimum absolute atomic E-state index is 0.0405. The molecule has 0 aliphatic heterocycles. The minimum atomic E-state index is -1.78. The molecular formula is C20H22BNO7. The zero-order valence-electron chi connectivity index (χ0n) is 16.0. The molecule has 2 aromatic carbocycles. The molecule has 9 heteroatoms. The predicted octanol–water partition coefficient (Wildman–Crippen LogP) is 0.441. The molecule has 0 aliphatic rings. The van der Waals surface area contributed by atoms with Crippen LogP contribution >= 0.6 is 0 Å². The smallest absolute Gasteiger partial charge is 0.489 e. The van der Waals surface area contributed by atoms with Crippen molar-refractivity contribution in [2.75, 3.05) is 13.7 Å². The summed E-state index contributed by atoms with van der Waals surface area (Å²) in [7, 11) is -0.440. The van der Waals surface area contributed by atoms with Gasteiger partial charge in [0.15, 0.2) is 0 Å². The van der Waals surface area contributed by atoms with Crippen LogP contribution in [0.15, 0.2) is 42.5 Å². The molecule has 0 radical (unpaired) electrons. The van der Waals surface area contributed by atoms with E-state index in [4.69, 9.17) is 4.74 Å².